The highest BCUT2D eigenvalue weighted by Gasteiger charge is 2.10. The molecule has 0 fully saturated rings. The van der Waals surface area contributed by atoms with Crippen LogP contribution in [0.3, 0.4) is 0 Å². The summed E-state index contributed by atoms with van der Waals surface area (Å²) in [6.07, 6.45) is 5.64. The van der Waals surface area contributed by atoms with E-state index in [2.05, 4.69) is 32.9 Å². The lowest BCUT2D eigenvalue weighted by atomic mass is 10.2. The first kappa shape index (κ1) is 15.3. The summed E-state index contributed by atoms with van der Waals surface area (Å²) in [5, 5.41) is 1.09. The van der Waals surface area contributed by atoms with Crippen LogP contribution in [0.5, 0.6) is 5.75 Å². The summed E-state index contributed by atoms with van der Waals surface area (Å²) in [6.45, 7) is 5.08. The average molecular weight is 315 g/mol. The van der Waals surface area contributed by atoms with Crippen LogP contribution in [-0.4, -0.2) is 30.0 Å². The first-order valence-electron chi connectivity index (χ1n) is 6.54. The van der Waals surface area contributed by atoms with Crippen molar-refractivity contribution in [1.29, 1.82) is 0 Å². The van der Waals surface area contributed by atoms with Gasteiger partial charge in [0.2, 0.25) is 0 Å². The smallest absolute Gasteiger partial charge is 0.171 e. The molecule has 0 atom stereocenters. The summed E-state index contributed by atoms with van der Waals surface area (Å²) in [6, 6.07) is 3.90. The van der Waals surface area contributed by atoms with Crippen molar-refractivity contribution in [3.8, 4) is 5.75 Å². The molecule has 0 unspecified atom stereocenters. The first-order valence-corrected chi connectivity index (χ1v) is 7.66. The van der Waals surface area contributed by atoms with Crippen molar-refractivity contribution >= 4 is 21.7 Å². The maximum atomic E-state index is 5.78. The molecule has 18 heavy (non-hydrogen) atoms. The summed E-state index contributed by atoms with van der Waals surface area (Å²) in [7, 11) is 2.07. The largest absolute Gasteiger partial charge is 0.487 e. The van der Waals surface area contributed by atoms with Gasteiger partial charge in [-0.2, -0.15) is 0 Å². The fourth-order valence-corrected chi connectivity index (χ4v) is 2.14. The van der Waals surface area contributed by atoms with Gasteiger partial charge in [0, 0.05) is 25.1 Å². The molecule has 0 saturated carbocycles. The van der Waals surface area contributed by atoms with Crippen LogP contribution in [0.4, 0.5) is 5.82 Å². The van der Waals surface area contributed by atoms with Gasteiger partial charge in [0.25, 0.3) is 0 Å². The van der Waals surface area contributed by atoms with E-state index in [-0.39, 0.29) is 6.10 Å². The molecule has 0 saturated heterocycles. The number of rotatable bonds is 8. The van der Waals surface area contributed by atoms with Crippen molar-refractivity contribution in [3.05, 3.63) is 18.3 Å². The lowest BCUT2D eigenvalue weighted by molar-refractivity contribution is 0.242. The molecular formula is C14H23BrN2O. The van der Waals surface area contributed by atoms with E-state index < -0.39 is 0 Å². The minimum atomic E-state index is 0.176. The number of alkyl halides is 1. The molecule has 102 valence electrons. The molecule has 0 bridgehead atoms. The fourth-order valence-electron chi connectivity index (χ4n) is 1.74. The lowest BCUT2D eigenvalue weighted by Crippen LogP contribution is -2.21. The standard InChI is InChI=1S/C14H23BrN2O/c1-12(2)18-13-8-7-10-16-14(13)17(3)11-6-4-5-9-15/h7-8,10,12H,4-6,9,11H2,1-3H3. The van der Waals surface area contributed by atoms with Crippen molar-refractivity contribution in [2.75, 3.05) is 23.8 Å². The van der Waals surface area contributed by atoms with Crippen LogP contribution in [0, 0.1) is 0 Å². The molecule has 0 amide bonds. The molecule has 0 radical (unpaired) electrons. The summed E-state index contributed by atoms with van der Waals surface area (Å²) < 4.78 is 5.78. The Morgan fingerprint density at radius 3 is 2.78 bits per heavy atom. The number of pyridine rings is 1. The quantitative estimate of drug-likeness (QED) is 0.538. The molecule has 0 aliphatic carbocycles. The van der Waals surface area contributed by atoms with Gasteiger partial charge in [-0.1, -0.05) is 22.4 Å². The molecule has 0 N–H and O–H groups in total. The number of aromatic nitrogens is 1. The van der Waals surface area contributed by atoms with Crippen LogP contribution >= 0.6 is 15.9 Å². The van der Waals surface area contributed by atoms with Crippen molar-refractivity contribution in [3.63, 3.8) is 0 Å². The summed E-state index contributed by atoms with van der Waals surface area (Å²) >= 11 is 3.45. The SMILES string of the molecule is CC(C)Oc1cccnc1N(C)CCCCCBr. The maximum absolute atomic E-state index is 5.78. The normalized spacial score (nSPS) is 10.7. The number of halogens is 1. The maximum Gasteiger partial charge on any atom is 0.171 e. The van der Waals surface area contributed by atoms with Crippen molar-refractivity contribution in [2.24, 2.45) is 0 Å². The Hall–Kier alpha value is -0.770. The summed E-state index contributed by atoms with van der Waals surface area (Å²) in [4.78, 5) is 6.59. The number of hydrogen-bond donors (Lipinski definition) is 0. The molecule has 0 aliphatic rings. The summed E-state index contributed by atoms with van der Waals surface area (Å²) in [5.74, 6) is 1.81. The minimum Gasteiger partial charge on any atom is -0.487 e. The van der Waals surface area contributed by atoms with Gasteiger partial charge >= 0.3 is 0 Å². The van der Waals surface area contributed by atoms with E-state index in [0.29, 0.717) is 0 Å². The third-order valence-electron chi connectivity index (χ3n) is 2.60. The molecule has 1 rings (SSSR count). The monoisotopic (exact) mass is 314 g/mol. The molecule has 0 aromatic carbocycles. The zero-order valence-corrected chi connectivity index (χ0v) is 13.1. The number of anilines is 1. The molecule has 0 spiro atoms. The van der Waals surface area contributed by atoms with Crippen LogP contribution in [0.25, 0.3) is 0 Å². The Labute approximate surface area is 119 Å². The molecule has 1 aromatic heterocycles. The van der Waals surface area contributed by atoms with E-state index in [1.165, 1.54) is 19.3 Å². The van der Waals surface area contributed by atoms with Crippen molar-refractivity contribution < 1.29 is 4.74 Å². The second-order valence-corrected chi connectivity index (χ2v) is 5.46. The molecule has 1 aromatic rings. The Bertz CT molecular complexity index is 344. The van der Waals surface area contributed by atoms with E-state index in [1.807, 2.05) is 32.2 Å². The van der Waals surface area contributed by atoms with Crippen molar-refractivity contribution in [1.82, 2.24) is 4.98 Å². The lowest BCUT2D eigenvalue weighted by Gasteiger charge is -2.22. The van der Waals surface area contributed by atoms with Gasteiger partial charge < -0.3 is 9.64 Å². The number of hydrogen-bond acceptors (Lipinski definition) is 3. The fraction of sp³-hybridized carbons (Fsp3) is 0.643. The Balaban J connectivity index is 2.57. The van der Waals surface area contributed by atoms with E-state index in [1.54, 1.807) is 0 Å². The van der Waals surface area contributed by atoms with E-state index in [4.69, 9.17) is 4.74 Å². The molecule has 1 heterocycles. The molecule has 4 heteroatoms. The highest BCUT2D eigenvalue weighted by atomic mass is 79.9. The second-order valence-electron chi connectivity index (χ2n) is 4.66. The average Bonchev–Trinajstić information content (AvgIpc) is 2.34. The predicted octanol–water partition coefficient (Wildman–Crippen LogP) is 3.87. The Morgan fingerprint density at radius 1 is 1.33 bits per heavy atom. The molecular weight excluding hydrogens is 292 g/mol. The van der Waals surface area contributed by atoms with Gasteiger partial charge in [-0.3, -0.25) is 0 Å². The van der Waals surface area contributed by atoms with Crippen LogP contribution in [-0.2, 0) is 0 Å². The van der Waals surface area contributed by atoms with Crippen molar-refractivity contribution in [2.45, 2.75) is 39.2 Å². The first-order chi connectivity index (χ1) is 8.65. The van der Waals surface area contributed by atoms with E-state index >= 15 is 0 Å². The van der Waals surface area contributed by atoms with E-state index in [0.717, 1.165) is 23.4 Å². The van der Waals surface area contributed by atoms with Crippen LogP contribution in [0.2, 0.25) is 0 Å². The minimum absolute atomic E-state index is 0.176. The highest BCUT2D eigenvalue weighted by molar-refractivity contribution is 9.09. The number of ether oxygens (including phenoxy) is 1. The van der Waals surface area contributed by atoms with Gasteiger partial charge in [0.15, 0.2) is 11.6 Å². The number of unbranched alkanes of at least 4 members (excludes halogenated alkanes) is 2. The molecule has 0 aliphatic heterocycles. The zero-order chi connectivity index (χ0) is 13.4. The second kappa shape index (κ2) is 8.35. The number of nitrogens with zero attached hydrogens (tertiary/aromatic N) is 2. The highest BCUT2D eigenvalue weighted by Crippen LogP contribution is 2.25. The van der Waals surface area contributed by atoms with Gasteiger partial charge in [-0.05, 0) is 38.8 Å². The topological polar surface area (TPSA) is 25.4 Å². The summed E-state index contributed by atoms with van der Waals surface area (Å²) in [5.41, 5.74) is 0. The third kappa shape index (κ3) is 5.25. The molecule has 3 nitrogen and oxygen atoms in total. The van der Waals surface area contributed by atoms with Gasteiger partial charge in [-0.15, -0.1) is 0 Å². The van der Waals surface area contributed by atoms with Crippen LogP contribution in [0.15, 0.2) is 18.3 Å². The van der Waals surface area contributed by atoms with Crippen LogP contribution in [0.1, 0.15) is 33.1 Å². The van der Waals surface area contributed by atoms with Crippen LogP contribution < -0.4 is 9.64 Å². The predicted molar refractivity (Wildman–Crippen MR) is 80.9 cm³/mol. The third-order valence-corrected chi connectivity index (χ3v) is 3.16. The zero-order valence-electron chi connectivity index (χ0n) is 11.5. The van der Waals surface area contributed by atoms with Gasteiger partial charge in [-0.25, -0.2) is 4.98 Å². The van der Waals surface area contributed by atoms with Gasteiger partial charge in [0.05, 0.1) is 6.10 Å². The van der Waals surface area contributed by atoms with E-state index in [9.17, 15) is 0 Å². The van der Waals surface area contributed by atoms with Gasteiger partial charge in [0.1, 0.15) is 0 Å². The Morgan fingerprint density at radius 2 is 2.11 bits per heavy atom. The Kier molecular flexibility index (Phi) is 7.09.